The number of amides is 1. The maximum atomic E-state index is 12.1. The number of nitrogens with two attached hydrogens (primary N) is 1. The van der Waals surface area contributed by atoms with Gasteiger partial charge in [-0.2, -0.15) is 0 Å². The zero-order valence-corrected chi connectivity index (χ0v) is 13.4. The third-order valence-corrected chi connectivity index (χ3v) is 4.43. The van der Waals surface area contributed by atoms with E-state index in [0.717, 1.165) is 0 Å². The number of rotatable bonds is 7. The van der Waals surface area contributed by atoms with Gasteiger partial charge in [0.2, 0.25) is 15.9 Å². The fourth-order valence-corrected chi connectivity index (χ4v) is 3.11. The average Bonchev–Trinajstić information content (AvgIpc) is 2.38. The van der Waals surface area contributed by atoms with Gasteiger partial charge >= 0.3 is 0 Å². The highest BCUT2D eigenvalue weighted by atomic mass is 32.2. The lowest BCUT2D eigenvalue weighted by atomic mass is 10.0. The Morgan fingerprint density at radius 2 is 1.90 bits per heavy atom. The number of sulfonamides is 1. The molecule has 118 valence electrons. The van der Waals surface area contributed by atoms with Crippen LogP contribution in [0.15, 0.2) is 29.2 Å². The first-order valence-corrected chi connectivity index (χ1v) is 8.41. The molecule has 0 aromatic heterocycles. The summed E-state index contributed by atoms with van der Waals surface area (Å²) in [6.07, 6.45) is 0.536. The van der Waals surface area contributed by atoms with Crippen molar-refractivity contribution in [3.05, 3.63) is 24.3 Å². The second kappa shape index (κ2) is 7.53. The van der Waals surface area contributed by atoms with Gasteiger partial charge in [-0.25, -0.2) is 13.1 Å². The molecule has 0 spiro atoms. The van der Waals surface area contributed by atoms with Crippen LogP contribution >= 0.6 is 0 Å². The molecule has 0 fully saturated rings. The number of nitrogens with one attached hydrogen (secondary N) is 2. The molecule has 1 rings (SSSR count). The zero-order valence-electron chi connectivity index (χ0n) is 12.6. The molecule has 1 amide bonds. The van der Waals surface area contributed by atoms with Gasteiger partial charge < -0.3 is 11.1 Å². The molecular weight excluding hydrogens is 290 g/mol. The molecule has 1 aromatic carbocycles. The molecule has 0 heterocycles. The molecule has 0 aliphatic rings. The Bertz CT molecular complexity index is 585. The van der Waals surface area contributed by atoms with E-state index in [4.69, 9.17) is 5.73 Å². The Hall–Kier alpha value is -1.44. The molecule has 7 heteroatoms. The van der Waals surface area contributed by atoms with E-state index in [1.54, 1.807) is 25.1 Å². The quantitative estimate of drug-likeness (QED) is 0.706. The molecule has 0 aliphatic heterocycles. The summed E-state index contributed by atoms with van der Waals surface area (Å²) in [5, 5.41) is 2.60. The predicted molar refractivity (Wildman–Crippen MR) is 83.4 cm³/mol. The first-order chi connectivity index (χ1) is 9.77. The van der Waals surface area contributed by atoms with Crippen LogP contribution in [0.25, 0.3) is 0 Å². The number of para-hydroxylation sites is 1. The van der Waals surface area contributed by atoms with E-state index in [-0.39, 0.29) is 29.0 Å². The molecular formula is C14H23N3O3S. The lowest BCUT2D eigenvalue weighted by molar-refractivity contribution is -0.117. The predicted octanol–water partition coefficient (Wildman–Crippen LogP) is 1.30. The van der Waals surface area contributed by atoms with Crippen molar-refractivity contribution in [2.24, 2.45) is 11.7 Å². The summed E-state index contributed by atoms with van der Waals surface area (Å²) in [7, 11) is -3.64. The maximum Gasteiger partial charge on any atom is 0.242 e. The SMILES string of the molecule is CCNS(=O)(=O)c1ccccc1NC(=O)C(N)CC(C)C. The summed E-state index contributed by atoms with van der Waals surface area (Å²) < 4.78 is 26.6. The van der Waals surface area contributed by atoms with Crippen LogP contribution in [0, 0.1) is 5.92 Å². The van der Waals surface area contributed by atoms with E-state index in [1.807, 2.05) is 13.8 Å². The summed E-state index contributed by atoms with van der Waals surface area (Å²) in [5.74, 6) is -0.102. The third kappa shape index (κ3) is 5.11. The van der Waals surface area contributed by atoms with Crippen LogP contribution in [0.5, 0.6) is 0 Å². The van der Waals surface area contributed by atoms with E-state index in [0.29, 0.717) is 6.42 Å². The smallest absolute Gasteiger partial charge is 0.242 e. The highest BCUT2D eigenvalue weighted by Gasteiger charge is 2.21. The van der Waals surface area contributed by atoms with Crippen LogP contribution in [0.2, 0.25) is 0 Å². The van der Waals surface area contributed by atoms with E-state index in [1.165, 1.54) is 6.07 Å². The highest BCUT2D eigenvalue weighted by Crippen LogP contribution is 2.21. The number of benzene rings is 1. The average molecular weight is 313 g/mol. The molecule has 0 bridgehead atoms. The minimum Gasteiger partial charge on any atom is -0.324 e. The van der Waals surface area contributed by atoms with Gasteiger partial charge in [0, 0.05) is 6.54 Å². The van der Waals surface area contributed by atoms with Crippen molar-refractivity contribution in [1.29, 1.82) is 0 Å². The van der Waals surface area contributed by atoms with Crippen molar-refractivity contribution in [2.45, 2.75) is 38.1 Å². The Balaban J connectivity index is 2.97. The van der Waals surface area contributed by atoms with Crippen molar-refractivity contribution in [1.82, 2.24) is 4.72 Å². The second-order valence-electron chi connectivity index (χ2n) is 5.22. The molecule has 1 atom stereocenters. The summed E-state index contributed by atoms with van der Waals surface area (Å²) in [4.78, 5) is 12.1. The topological polar surface area (TPSA) is 101 Å². The molecule has 0 saturated carbocycles. The van der Waals surface area contributed by atoms with Crippen LogP contribution in [-0.2, 0) is 14.8 Å². The van der Waals surface area contributed by atoms with Crippen molar-refractivity contribution >= 4 is 21.6 Å². The minimum atomic E-state index is -3.64. The van der Waals surface area contributed by atoms with Crippen molar-refractivity contribution in [2.75, 3.05) is 11.9 Å². The Labute approximate surface area is 126 Å². The van der Waals surface area contributed by atoms with Crippen LogP contribution in [0.3, 0.4) is 0 Å². The summed E-state index contributed by atoms with van der Waals surface area (Å²) >= 11 is 0. The Kier molecular flexibility index (Phi) is 6.32. The van der Waals surface area contributed by atoms with Gasteiger partial charge in [-0.3, -0.25) is 4.79 Å². The normalized spacial score (nSPS) is 13.2. The highest BCUT2D eigenvalue weighted by molar-refractivity contribution is 7.89. The molecule has 0 saturated heterocycles. The fraction of sp³-hybridized carbons (Fsp3) is 0.500. The molecule has 4 N–H and O–H groups in total. The van der Waals surface area contributed by atoms with E-state index in [2.05, 4.69) is 10.0 Å². The molecule has 1 unspecified atom stereocenters. The summed E-state index contributed by atoms with van der Waals surface area (Å²) in [5.41, 5.74) is 6.05. The van der Waals surface area contributed by atoms with E-state index >= 15 is 0 Å². The molecule has 6 nitrogen and oxygen atoms in total. The van der Waals surface area contributed by atoms with Crippen molar-refractivity contribution in [3.8, 4) is 0 Å². The number of carbonyl (C=O) groups excluding carboxylic acids is 1. The van der Waals surface area contributed by atoms with Crippen LogP contribution < -0.4 is 15.8 Å². The van der Waals surface area contributed by atoms with Gasteiger partial charge in [-0.1, -0.05) is 32.9 Å². The molecule has 1 aromatic rings. The monoisotopic (exact) mass is 313 g/mol. The minimum absolute atomic E-state index is 0.0388. The van der Waals surface area contributed by atoms with E-state index in [9.17, 15) is 13.2 Å². The third-order valence-electron chi connectivity index (χ3n) is 2.83. The van der Waals surface area contributed by atoms with Crippen LogP contribution in [0.4, 0.5) is 5.69 Å². The Morgan fingerprint density at radius 1 is 1.29 bits per heavy atom. The second-order valence-corrected chi connectivity index (χ2v) is 6.96. The number of hydrogen-bond donors (Lipinski definition) is 3. The van der Waals surface area contributed by atoms with Crippen molar-refractivity contribution in [3.63, 3.8) is 0 Å². The first-order valence-electron chi connectivity index (χ1n) is 6.93. The zero-order chi connectivity index (χ0) is 16.0. The van der Waals surface area contributed by atoms with Gasteiger partial charge in [-0.05, 0) is 24.5 Å². The first kappa shape index (κ1) is 17.6. The van der Waals surface area contributed by atoms with Crippen LogP contribution in [0.1, 0.15) is 27.2 Å². The molecule has 0 aliphatic carbocycles. The lowest BCUT2D eigenvalue weighted by Crippen LogP contribution is -2.37. The number of hydrogen-bond acceptors (Lipinski definition) is 4. The Morgan fingerprint density at radius 3 is 2.48 bits per heavy atom. The summed E-state index contributed by atoms with van der Waals surface area (Å²) in [6, 6.07) is 5.59. The molecule has 0 radical (unpaired) electrons. The lowest BCUT2D eigenvalue weighted by Gasteiger charge is -2.16. The van der Waals surface area contributed by atoms with Gasteiger partial charge in [0.15, 0.2) is 0 Å². The number of anilines is 1. The fourth-order valence-electron chi connectivity index (χ4n) is 1.91. The van der Waals surface area contributed by atoms with E-state index < -0.39 is 16.1 Å². The molecule has 21 heavy (non-hydrogen) atoms. The standard InChI is InChI=1S/C14H23N3O3S/c1-4-16-21(19,20)13-8-6-5-7-12(13)17-14(18)11(15)9-10(2)3/h5-8,10-11,16H,4,9,15H2,1-3H3,(H,17,18). The maximum absolute atomic E-state index is 12.1. The summed E-state index contributed by atoms with van der Waals surface area (Å²) in [6.45, 7) is 5.90. The van der Waals surface area contributed by atoms with Gasteiger partial charge in [0.1, 0.15) is 4.90 Å². The van der Waals surface area contributed by atoms with Gasteiger partial charge in [0.25, 0.3) is 0 Å². The largest absolute Gasteiger partial charge is 0.324 e. The van der Waals surface area contributed by atoms with Gasteiger partial charge in [0.05, 0.1) is 11.7 Å². The number of carbonyl (C=O) groups is 1. The van der Waals surface area contributed by atoms with Crippen LogP contribution in [-0.4, -0.2) is 26.9 Å². The van der Waals surface area contributed by atoms with Gasteiger partial charge in [-0.15, -0.1) is 0 Å². The van der Waals surface area contributed by atoms with Crippen molar-refractivity contribution < 1.29 is 13.2 Å².